The van der Waals surface area contributed by atoms with E-state index in [4.69, 9.17) is 4.98 Å². The molecule has 5 heteroatoms. The van der Waals surface area contributed by atoms with Crippen LogP contribution in [0.15, 0.2) is 59.6 Å². The first-order valence-corrected chi connectivity index (χ1v) is 10.8. The molecule has 1 aromatic carbocycles. The van der Waals surface area contributed by atoms with Crippen molar-refractivity contribution < 1.29 is 0 Å². The van der Waals surface area contributed by atoms with Crippen LogP contribution in [0.25, 0.3) is 22.3 Å². The van der Waals surface area contributed by atoms with Crippen LogP contribution in [-0.2, 0) is 13.6 Å². The van der Waals surface area contributed by atoms with Crippen molar-refractivity contribution in [1.82, 2.24) is 19.4 Å². The van der Waals surface area contributed by atoms with E-state index in [1.807, 2.05) is 12.4 Å². The number of piperidine rings is 1. The third-order valence-corrected chi connectivity index (χ3v) is 6.50. The first-order valence-electron chi connectivity index (χ1n) is 9.89. The van der Waals surface area contributed by atoms with Gasteiger partial charge in [0.2, 0.25) is 0 Å². The van der Waals surface area contributed by atoms with Gasteiger partial charge in [-0.25, -0.2) is 4.98 Å². The highest BCUT2D eigenvalue weighted by Crippen LogP contribution is 2.33. The van der Waals surface area contributed by atoms with E-state index in [9.17, 15) is 0 Å². The summed E-state index contributed by atoms with van der Waals surface area (Å²) < 4.78 is 2.11. The number of nitrogens with zero attached hydrogens (tertiary/aromatic N) is 4. The van der Waals surface area contributed by atoms with E-state index in [-0.39, 0.29) is 0 Å². The molecule has 4 nitrogen and oxygen atoms in total. The normalized spacial score (nSPS) is 16.0. The molecule has 28 heavy (non-hydrogen) atoms. The fourth-order valence-corrected chi connectivity index (χ4v) is 4.84. The van der Waals surface area contributed by atoms with Crippen LogP contribution in [0, 0.1) is 0 Å². The predicted octanol–water partition coefficient (Wildman–Crippen LogP) is 5.08. The van der Waals surface area contributed by atoms with Gasteiger partial charge in [0.25, 0.3) is 0 Å². The molecular weight excluding hydrogens is 364 g/mol. The molecule has 0 spiro atoms. The van der Waals surface area contributed by atoms with E-state index in [2.05, 4.69) is 68.7 Å². The van der Waals surface area contributed by atoms with Crippen LogP contribution >= 0.6 is 11.3 Å². The van der Waals surface area contributed by atoms with Gasteiger partial charge in [0, 0.05) is 30.8 Å². The van der Waals surface area contributed by atoms with Gasteiger partial charge in [0.1, 0.15) is 5.52 Å². The number of aromatic nitrogens is 3. The Morgan fingerprint density at radius 1 is 1.11 bits per heavy atom. The molecule has 1 fully saturated rings. The lowest BCUT2D eigenvalue weighted by Crippen LogP contribution is -2.32. The molecule has 0 radical (unpaired) electrons. The summed E-state index contributed by atoms with van der Waals surface area (Å²) >= 11 is 1.78. The molecule has 1 saturated heterocycles. The van der Waals surface area contributed by atoms with E-state index in [1.165, 1.54) is 16.8 Å². The number of likely N-dealkylation sites (tertiary alicyclic amines) is 1. The summed E-state index contributed by atoms with van der Waals surface area (Å²) in [4.78, 5) is 12.3. The third kappa shape index (κ3) is 3.36. The number of hydrogen-bond donors (Lipinski definition) is 0. The van der Waals surface area contributed by atoms with Gasteiger partial charge in [-0.3, -0.25) is 9.88 Å². The van der Waals surface area contributed by atoms with E-state index < -0.39 is 0 Å². The van der Waals surface area contributed by atoms with Crippen molar-refractivity contribution in [2.75, 3.05) is 13.1 Å². The smallest absolute Gasteiger partial charge is 0.115 e. The van der Waals surface area contributed by atoms with Crippen molar-refractivity contribution in [3.8, 4) is 11.3 Å². The zero-order valence-electron chi connectivity index (χ0n) is 16.1. The Hall–Kier alpha value is -2.50. The maximum Gasteiger partial charge on any atom is 0.115 e. The van der Waals surface area contributed by atoms with Crippen LogP contribution in [0.4, 0.5) is 0 Å². The van der Waals surface area contributed by atoms with Gasteiger partial charge in [-0.1, -0.05) is 30.3 Å². The van der Waals surface area contributed by atoms with Crippen molar-refractivity contribution in [3.63, 3.8) is 0 Å². The minimum Gasteiger partial charge on any atom is -0.334 e. The van der Waals surface area contributed by atoms with Gasteiger partial charge in [-0.05, 0) is 54.4 Å². The fraction of sp³-hybridized carbons (Fsp3) is 0.304. The highest BCUT2D eigenvalue weighted by molar-refractivity contribution is 7.07. The van der Waals surface area contributed by atoms with Crippen LogP contribution in [0.5, 0.6) is 0 Å². The largest absolute Gasteiger partial charge is 0.334 e. The van der Waals surface area contributed by atoms with E-state index in [1.54, 1.807) is 11.3 Å². The maximum absolute atomic E-state index is 5.12. The Kier molecular flexibility index (Phi) is 4.71. The number of hydrogen-bond acceptors (Lipinski definition) is 4. The minimum atomic E-state index is 0.514. The number of aryl methyl sites for hydroxylation is 1. The van der Waals surface area contributed by atoms with Crippen molar-refractivity contribution in [2.45, 2.75) is 25.3 Å². The summed E-state index contributed by atoms with van der Waals surface area (Å²) in [5.74, 6) is 0.514. The van der Waals surface area contributed by atoms with Crippen LogP contribution in [0.2, 0.25) is 0 Å². The molecule has 5 rings (SSSR count). The van der Waals surface area contributed by atoms with Crippen molar-refractivity contribution in [3.05, 3.63) is 70.8 Å². The molecule has 0 unspecified atom stereocenters. The Labute approximate surface area is 169 Å². The number of fused-ring (bicyclic) bond motifs is 1. The Balaban J connectivity index is 1.43. The number of imidazole rings is 1. The number of benzene rings is 1. The molecule has 0 saturated carbocycles. The van der Waals surface area contributed by atoms with Gasteiger partial charge >= 0.3 is 0 Å². The van der Waals surface area contributed by atoms with E-state index in [0.29, 0.717) is 5.92 Å². The second kappa shape index (κ2) is 7.49. The summed E-state index contributed by atoms with van der Waals surface area (Å²) in [6, 6.07) is 14.9. The average Bonchev–Trinajstić information content (AvgIpc) is 3.39. The van der Waals surface area contributed by atoms with Crippen LogP contribution in [0.1, 0.15) is 30.0 Å². The zero-order chi connectivity index (χ0) is 18.9. The maximum atomic E-state index is 5.12. The molecule has 4 aromatic rings. The molecule has 0 amide bonds. The summed E-state index contributed by atoms with van der Waals surface area (Å²) in [6.45, 7) is 3.33. The topological polar surface area (TPSA) is 34.0 Å². The first kappa shape index (κ1) is 17.6. The summed E-state index contributed by atoms with van der Waals surface area (Å²) in [5.41, 5.74) is 6.96. The first-order chi connectivity index (χ1) is 13.8. The zero-order valence-corrected chi connectivity index (χ0v) is 16.9. The van der Waals surface area contributed by atoms with Gasteiger partial charge in [0.15, 0.2) is 0 Å². The molecule has 142 valence electrons. The van der Waals surface area contributed by atoms with E-state index >= 15 is 0 Å². The second-order valence-corrected chi connectivity index (χ2v) is 8.45. The minimum absolute atomic E-state index is 0.514. The number of pyridine rings is 1. The average molecular weight is 389 g/mol. The number of thiophene rings is 1. The molecule has 1 aliphatic rings. The Bertz CT molecular complexity index is 1060. The summed E-state index contributed by atoms with van der Waals surface area (Å²) in [7, 11) is 2.07. The molecule has 4 heterocycles. The van der Waals surface area contributed by atoms with Crippen molar-refractivity contribution in [1.29, 1.82) is 0 Å². The highest BCUT2D eigenvalue weighted by atomic mass is 32.1. The second-order valence-electron chi connectivity index (χ2n) is 7.67. The molecular formula is C23H24N4S. The quantitative estimate of drug-likeness (QED) is 0.489. The predicted molar refractivity (Wildman–Crippen MR) is 116 cm³/mol. The molecule has 0 bridgehead atoms. The van der Waals surface area contributed by atoms with Crippen LogP contribution in [-0.4, -0.2) is 32.5 Å². The van der Waals surface area contributed by atoms with Gasteiger partial charge in [0.05, 0.1) is 17.5 Å². The van der Waals surface area contributed by atoms with Crippen LogP contribution < -0.4 is 0 Å². The van der Waals surface area contributed by atoms with Crippen molar-refractivity contribution >= 4 is 22.4 Å². The number of rotatable bonds is 4. The summed E-state index contributed by atoms with van der Waals surface area (Å²) in [5, 5.41) is 4.43. The third-order valence-electron chi connectivity index (χ3n) is 5.77. The van der Waals surface area contributed by atoms with E-state index in [0.717, 1.165) is 49.2 Å². The monoisotopic (exact) mass is 388 g/mol. The van der Waals surface area contributed by atoms with Crippen LogP contribution in [0.3, 0.4) is 0 Å². The molecule has 1 aliphatic heterocycles. The SMILES string of the molecule is Cn1cnc2c(-c3ccccc3)nc(C3CCN(Cc4ccsc4)CC3)cc21. The van der Waals surface area contributed by atoms with Gasteiger partial charge in [-0.15, -0.1) is 0 Å². The van der Waals surface area contributed by atoms with Gasteiger partial charge < -0.3 is 4.57 Å². The highest BCUT2D eigenvalue weighted by Gasteiger charge is 2.24. The lowest BCUT2D eigenvalue weighted by Gasteiger charge is -2.31. The molecule has 3 aromatic heterocycles. The standard InChI is InChI=1S/C23H24N4S/c1-26-16-24-23-21(26)13-20(25-22(23)19-5-3-2-4-6-19)18-7-10-27(11-8-18)14-17-9-12-28-15-17/h2-6,9,12-13,15-16,18H,7-8,10-11,14H2,1H3. The summed E-state index contributed by atoms with van der Waals surface area (Å²) in [6.07, 6.45) is 4.22. The molecule has 0 N–H and O–H groups in total. The Morgan fingerprint density at radius 2 is 1.93 bits per heavy atom. The fourth-order valence-electron chi connectivity index (χ4n) is 4.18. The molecule has 0 atom stereocenters. The lowest BCUT2D eigenvalue weighted by atomic mass is 9.92. The lowest BCUT2D eigenvalue weighted by molar-refractivity contribution is 0.203. The van der Waals surface area contributed by atoms with Gasteiger partial charge in [-0.2, -0.15) is 11.3 Å². The molecule has 0 aliphatic carbocycles. The Morgan fingerprint density at radius 3 is 2.68 bits per heavy atom. The van der Waals surface area contributed by atoms with Crippen molar-refractivity contribution in [2.24, 2.45) is 7.05 Å².